The summed E-state index contributed by atoms with van der Waals surface area (Å²) in [5, 5.41) is 25.0. The molecule has 0 unspecified atom stereocenters. The van der Waals surface area contributed by atoms with Crippen molar-refractivity contribution < 1.29 is 24.9 Å². The Balaban J connectivity index is 0.000000362. The van der Waals surface area contributed by atoms with Gasteiger partial charge in [0, 0.05) is 18.7 Å². The molecule has 0 fully saturated rings. The molecule has 0 radical (unpaired) electrons. The van der Waals surface area contributed by atoms with E-state index in [2.05, 4.69) is 5.43 Å². The molecule has 0 aliphatic carbocycles. The van der Waals surface area contributed by atoms with Gasteiger partial charge in [0.1, 0.15) is 0 Å². The van der Waals surface area contributed by atoms with Crippen LogP contribution in [0.3, 0.4) is 0 Å². The number of nitrogens with one attached hydrogen (secondary N) is 1. The topological polar surface area (TPSA) is 133 Å². The van der Waals surface area contributed by atoms with E-state index >= 15 is 0 Å². The molecular weight excluding hydrogens is 252 g/mol. The molecule has 0 bridgehead atoms. The van der Waals surface area contributed by atoms with E-state index in [-0.39, 0.29) is 0 Å². The van der Waals surface area contributed by atoms with E-state index in [1.165, 1.54) is 0 Å². The van der Waals surface area contributed by atoms with Crippen molar-refractivity contribution in [1.29, 1.82) is 0 Å². The third kappa shape index (κ3) is 9.48. The highest BCUT2D eigenvalue weighted by Gasteiger charge is 2.03. The number of carboxylic acids is 2. The zero-order chi connectivity index (χ0) is 14.7. The lowest BCUT2D eigenvalue weighted by atomic mass is 10.1. The number of rotatable bonds is 5. The number of carbonyl (C=O) groups is 2. The predicted molar refractivity (Wildman–Crippen MR) is 68.0 cm³/mol. The molecular formula is C12H16N2O5. The van der Waals surface area contributed by atoms with Gasteiger partial charge in [-0.15, -0.1) is 0 Å². The van der Waals surface area contributed by atoms with E-state index in [1.807, 2.05) is 30.3 Å². The maximum absolute atomic E-state index is 9.55. The summed E-state index contributed by atoms with van der Waals surface area (Å²) in [6.45, 7) is 0.379. The van der Waals surface area contributed by atoms with Crippen LogP contribution >= 0.6 is 0 Å². The molecule has 1 aromatic carbocycles. The van der Waals surface area contributed by atoms with E-state index in [9.17, 15) is 14.7 Å². The number of benzene rings is 1. The van der Waals surface area contributed by atoms with Crippen molar-refractivity contribution in [3.8, 4) is 0 Å². The zero-order valence-electron chi connectivity index (χ0n) is 10.1. The van der Waals surface area contributed by atoms with Crippen LogP contribution in [0.1, 0.15) is 11.7 Å². The minimum absolute atomic E-state index is 0.379. The fourth-order valence-electron chi connectivity index (χ4n) is 1.05. The summed E-state index contributed by atoms with van der Waals surface area (Å²) >= 11 is 0. The minimum atomic E-state index is -1.26. The molecule has 0 aromatic heterocycles. The van der Waals surface area contributed by atoms with E-state index in [0.29, 0.717) is 18.7 Å². The smallest absolute Gasteiger partial charge is 0.328 e. The van der Waals surface area contributed by atoms with Crippen LogP contribution in [-0.4, -0.2) is 33.8 Å². The van der Waals surface area contributed by atoms with Crippen LogP contribution in [0.15, 0.2) is 42.5 Å². The largest absolute Gasteiger partial charge is 0.478 e. The van der Waals surface area contributed by atoms with Crippen LogP contribution in [0, 0.1) is 0 Å². The van der Waals surface area contributed by atoms with Gasteiger partial charge < -0.3 is 15.3 Å². The molecule has 0 aliphatic rings. The molecule has 19 heavy (non-hydrogen) atoms. The van der Waals surface area contributed by atoms with Gasteiger partial charge in [-0.3, -0.25) is 11.3 Å². The summed E-state index contributed by atoms with van der Waals surface area (Å²) in [4.78, 5) is 19.1. The van der Waals surface area contributed by atoms with Gasteiger partial charge in [-0.2, -0.15) is 0 Å². The molecule has 7 nitrogen and oxygen atoms in total. The average molecular weight is 268 g/mol. The van der Waals surface area contributed by atoms with Gasteiger partial charge in [0.25, 0.3) is 0 Å². The van der Waals surface area contributed by atoms with E-state index in [1.54, 1.807) is 0 Å². The molecule has 0 heterocycles. The molecule has 0 aliphatic heterocycles. The predicted octanol–water partition coefficient (Wildman–Crippen LogP) is -0.105. The van der Waals surface area contributed by atoms with Crippen molar-refractivity contribution in [3.05, 3.63) is 48.0 Å². The third-order valence-electron chi connectivity index (χ3n) is 1.86. The lowest BCUT2D eigenvalue weighted by Crippen LogP contribution is -2.27. The molecule has 0 spiro atoms. The molecule has 1 rings (SSSR count). The van der Waals surface area contributed by atoms with E-state index < -0.39 is 18.0 Å². The number of hydrogen-bond donors (Lipinski definition) is 5. The Morgan fingerprint density at radius 1 is 1.16 bits per heavy atom. The summed E-state index contributed by atoms with van der Waals surface area (Å²) in [5.74, 6) is 2.54. The first kappa shape index (κ1) is 16.8. The second kappa shape index (κ2) is 9.77. The van der Waals surface area contributed by atoms with Crippen molar-refractivity contribution in [3.63, 3.8) is 0 Å². The summed E-state index contributed by atoms with van der Waals surface area (Å²) in [5.41, 5.74) is 3.30. The lowest BCUT2D eigenvalue weighted by molar-refractivity contribution is -0.134. The second-order valence-electron chi connectivity index (χ2n) is 3.34. The highest BCUT2D eigenvalue weighted by molar-refractivity contribution is 5.89. The average Bonchev–Trinajstić information content (AvgIpc) is 2.38. The van der Waals surface area contributed by atoms with Gasteiger partial charge in [-0.05, 0) is 5.56 Å². The summed E-state index contributed by atoms with van der Waals surface area (Å²) in [6, 6.07) is 9.40. The van der Waals surface area contributed by atoms with Crippen molar-refractivity contribution in [1.82, 2.24) is 5.43 Å². The number of nitrogens with two attached hydrogens (primary N) is 1. The fraction of sp³-hybridized carbons (Fsp3) is 0.167. The Morgan fingerprint density at radius 2 is 1.63 bits per heavy atom. The number of hydrogen-bond acceptors (Lipinski definition) is 5. The van der Waals surface area contributed by atoms with E-state index in [4.69, 9.17) is 16.1 Å². The zero-order valence-corrected chi connectivity index (χ0v) is 10.1. The molecule has 1 atom stereocenters. The maximum atomic E-state index is 9.55. The highest BCUT2D eigenvalue weighted by atomic mass is 16.4. The third-order valence-corrected chi connectivity index (χ3v) is 1.86. The summed E-state index contributed by atoms with van der Waals surface area (Å²) < 4.78 is 0. The SMILES string of the molecule is NNC[C@@H](O)c1ccccc1.O=C(O)/C=C\C(=O)O. The van der Waals surface area contributed by atoms with Gasteiger partial charge in [-0.25, -0.2) is 9.59 Å². The Bertz CT molecular complexity index is 403. The Hall–Kier alpha value is -2.22. The van der Waals surface area contributed by atoms with Crippen LogP contribution in [0.5, 0.6) is 0 Å². The van der Waals surface area contributed by atoms with Crippen LogP contribution in [0.4, 0.5) is 0 Å². The molecule has 6 N–H and O–H groups in total. The highest BCUT2D eigenvalue weighted by Crippen LogP contribution is 2.09. The van der Waals surface area contributed by atoms with Crippen molar-refractivity contribution in [2.24, 2.45) is 5.84 Å². The van der Waals surface area contributed by atoms with Crippen molar-refractivity contribution >= 4 is 11.9 Å². The van der Waals surface area contributed by atoms with Crippen LogP contribution < -0.4 is 11.3 Å². The summed E-state index contributed by atoms with van der Waals surface area (Å²) in [6.07, 6.45) is 0.603. The first-order valence-electron chi connectivity index (χ1n) is 5.27. The molecule has 1 aromatic rings. The summed E-state index contributed by atoms with van der Waals surface area (Å²) in [7, 11) is 0. The Kier molecular flexibility index (Phi) is 8.63. The molecule has 104 valence electrons. The van der Waals surface area contributed by atoms with Gasteiger partial charge in [0.05, 0.1) is 6.10 Å². The molecule has 0 saturated carbocycles. The number of hydrazine groups is 1. The van der Waals surface area contributed by atoms with Gasteiger partial charge in [0.15, 0.2) is 0 Å². The number of carboxylic acid groups (broad SMARTS) is 2. The van der Waals surface area contributed by atoms with Crippen LogP contribution in [0.25, 0.3) is 0 Å². The second-order valence-corrected chi connectivity index (χ2v) is 3.34. The molecule has 0 amide bonds. The van der Waals surface area contributed by atoms with Crippen molar-refractivity contribution in [2.75, 3.05) is 6.54 Å². The Morgan fingerprint density at radius 3 is 2.00 bits per heavy atom. The van der Waals surface area contributed by atoms with Crippen molar-refractivity contribution in [2.45, 2.75) is 6.10 Å². The minimum Gasteiger partial charge on any atom is -0.478 e. The van der Waals surface area contributed by atoms with Crippen LogP contribution in [0.2, 0.25) is 0 Å². The molecule has 0 saturated heterocycles. The fourth-order valence-corrected chi connectivity index (χ4v) is 1.05. The normalized spacial score (nSPS) is 11.5. The first-order valence-corrected chi connectivity index (χ1v) is 5.27. The number of aliphatic hydroxyl groups excluding tert-OH is 1. The Labute approximate surface area is 110 Å². The molecule has 7 heteroatoms. The quantitative estimate of drug-likeness (QED) is 0.286. The van der Waals surface area contributed by atoms with Gasteiger partial charge in [0.2, 0.25) is 0 Å². The first-order chi connectivity index (χ1) is 8.97. The number of aliphatic carboxylic acids is 2. The van der Waals surface area contributed by atoms with E-state index in [0.717, 1.165) is 5.56 Å². The van der Waals surface area contributed by atoms with Gasteiger partial charge in [-0.1, -0.05) is 30.3 Å². The standard InChI is InChI=1S/C8H12N2O.C4H4O4/c9-10-6-8(11)7-4-2-1-3-5-7;5-3(6)1-2-4(7)8/h1-5,8,10-11H,6,9H2;1-2H,(H,5,6)(H,7,8)/b;2-1-/t8-;/m1./s1. The van der Waals surface area contributed by atoms with Gasteiger partial charge >= 0.3 is 11.9 Å². The van der Waals surface area contributed by atoms with Crippen LogP contribution in [-0.2, 0) is 9.59 Å². The lowest BCUT2D eigenvalue weighted by Gasteiger charge is -2.08. The maximum Gasteiger partial charge on any atom is 0.328 e. The monoisotopic (exact) mass is 268 g/mol. The number of aliphatic hydroxyl groups is 1.